The molecule has 0 spiro atoms. The molecule has 288 valence electrons. The van der Waals surface area contributed by atoms with E-state index in [1.807, 2.05) is 55.3 Å². The first-order valence-electron chi connectivity index (χ1n) is 18.7. The van der Waals surface area contributed by atoms with Crippen molar-refractivity contribution >= 4 is 37.0 Å². The maximum atomic E-state index is 13.0. The van der Waals surface area contributed by atoms with E-state index in [9.17, 15) is 4.79 Å². The summed E-state index contributed by atoms with van der Waals surface area (Å²) in [5.74, 6) is -0.0424. The first-order valence-corrected chi connectivity index (χ1v) is 18.7. The van der Waals surface area contributed by atoms with Crippen LogP contribution in [0.25, 0.3) is 0 Å². The number of amides is 1. The number of nitrogens with zero attached hydrogens (tertiary/aromatic N) is 7. The molecule has 8 bridgehead atoms. The van der Waals surface area contributed by atoms with Gasteiger partial charge in [-0.1, -0.05) is 48.5 Å². The van der Waals surface area contributed by atoms with Crippen LogP contribution in [0.1, 0.15) is 76.7 Å². The van der Waals surface area contributed by atoms with Crippen LogP contribution in [0.15, 0.2) is 97.8 Å². The summed E-state index contributed by atoms with van der Waals surface area (Å²) < 4.78 is 0. The fourth-order valence-corrected chi connectivity index (χ4v) is 6.25. The second-order valence-electron chi connectivity index (χ2n) is 13.2. The van der Waals surface area contributed by atoms with Gasteiger partial charge in [-0.05, 0) is 130 Å². The second kappa shape index (κ2) is 26.6. The number of carbonyl (C=O) groups is 1. The zero-order valence-corrected chi connectivity index (χ0v) is 33.6. The van der Waals surface area contributed by atoms with E-state index in [1.54, 1.807) is 0 Å². The van der Waals surface area contributed by atoms with Gasteiger partial charge in [-0.25, -0.2) is 0 Å². The number of fused-ring (bicyclic) bond motifs is 19. The summed E-state index contributed by atoms with van der Waals surface area (Å²) in [6, 6.07) is 24.6. The average Bonchev–Trinajstić information content (AvgIpc) is 3.15. The van der Waals surface area contributed by atoms with Crippen molar-refractivity contribution < 1.29 is 49.6 Å². The summed E-state index contributed by atoms with van der Waals surface area (Å²) >= 11 is 0. The van der Waals surface area contributed by atoms with Gasteiger partial charge in [0.15, 0.2) is 0 Å². The predicted octanol–water partition coefficient (Wildman–Crippen LogP) is 5.88. The van der Waals surface area contributed by atoms with Gasteiger partial charge in [0.2, 0.25) is 0 Å². The van der Waals surface area contributed by atoms with Gasteiger partial charge in [-0.2, -0.15) is 0 Å². The Hall–Kier alpha value is -3.12. The number of carbonyl (C=O) groups excluding carboxylic acids is 1. The summed E-state index contributed by atoms with van der Waals surface area (Å²) in [7, 11) is 0. The van der Waals surface area contributed by atoms with Crippen LogP contribution in [-0.4, -0.2) is 125 Å². The third kappa shape index (κ3) is 17.7. The van der Waals surface area contributed by atoms with Crippen molar-refractivity contribution in [3.63, 3.8) is 0 Å². The predicted molar refractivity (Wildman–Crippen MR) is 215 cm³/mol. The van der Waals surface area contributed by atoms with Gasteiger partial charge in [0.1, 0.15) is 0 Å². The fraction of sp³-hybridized carbons (Fsp3) is 0.429. The van der Waals surface area contributed by atoms with Crippen molar-refractivity contribution in [2.45, 2.75) is 38.5 Å². The van der Waals surface area contributed by atoms with Crippen LogP contribution < -0.4 is 5.32 Å². The molecule has 0 fully saturated rings. The van der Waals surface area contributed by atoms with Crippen LogP contribution in [0, 0.1) is 0 Å². The van der Waals surface area contributed by atoms with E-state index >= 15 is 0 Å². The van der Waals surface area contributed by atoms with Crippen molar-refractivity contribution in [2.75, 3.05) is 78.5 Å². The first-order chi connectivity index (χ1) is 25.2. The molecule has 1 N–H and O–H groups in total. The topological polar surface area (TPSA) is 97.4 Å². The molecule has 53 heavy (non-hydrogen) atoms. The minimum absolute atomic E-state index is 0. The monoisotopic (exact) mass is 900 g/mol. The second-order valence-corrected chi connectivity index (χ2v) is 13.2. The molecular formula is C42H54Ag2N8O+2. The van der Waals surface area contributed by atoms with Gasteiger partial charge in [0.05, 0.1) is 0 Å². The number of nitrogens with one attached hydrogen (secondary N) is 1. The zero-order chi connectivity index (χ0) is 35.2. The maximum Gasteiger partial charge on any atom is 1.00 e. The summed E-state index contributed by atoms with van der Waals surface area (Å²) in [5, 5.41) is 3.13. The minimum atomic E-state index is -0.0424. The SMILES string of the molecule is O=C1NCCCN2CCCN=Cc3cccc(c3)C=NCCCN(CCCN=Cc3cccc(c3)C=NCCC2)CCCN=Cc2cccc1c2.[Ag+].[Ag+]. The van der Waals surface area contributed by atoms with Crippen LogP contribution in [-0.2, 0) is 44.8 Å². The van der Waals surface area contributed by atoms with Crippen molar-refractivity contribution in [1.29, 1.82) is 0 Å². The van der Waals surface area contributed by atoms with E-state index in [2.05, 4.69) is 63.6 Å². The van der Waals surface area contributed by atoms with Crippen molar-refractivity contribution in [1.82, 2.24) is 15.1 Å². The Morgan fingerprint density at radius 1 is 0.434 bits per heavy atom. The number of benzene rings is 3. The number of rotatable bonds is 0. The summed E-state index contributed by atoms with van der Waals surface area (Å²) in [6.45, 7) is 10.2. The molecule has 0 unspecified atom stereocenters. The summed E-state index contributed by atoms with van der Waals surface area (Å²) in [4.78, 5) is 41.8. The number of hydrogen-bond donors (Lipinski definition) is 1. The molecule has 1 amide bonds. The van der Waals surface area contributed by atoms with Gasteiger partial charge in [0, 0.05) is 75.9 Å². The van der Waals surface area contributed by atoms with Gasteiger partial charge >= 0.3 is 44.8 Å². The number of hydrogen-bond acceptors (Lipinski definition) is 8. The van der Waals surface area contributed by atoms with Gasteiger partial charge in [-0.15, -0.1) is 0 Å². The molecule has 11 heteroatoms. The molecule has 0 atom stereocenters. The maximum absolute atomic E-state index is 13.0. The molecule has 0 radical (unpaired) electrons. The Balaban J connectivity index is 0.00000378. The molecule has 0 saturated carbocycles. The third-order valence-electron chi connectivity index (χ3n) is 8.92. The van der Waals surface area contributed by atoms with Gasteiger partial charge in [-0.3, -0.25) is 29.8 Å². The summed E-state index contributed by atoms with van der Waals surface area (Å²) in [5.41, 5.74) is 6.01. The number of aliphatic imine (C=N–C) groups is 5. The first kappa shape index (κ1) is 44.3. The van der Waals surface area contributed by atoms with E-state index in [1.165, 1.54) is 0 Å². The molecule has 3 aromatic rings. The van der Waals surface area contributed by atoms with Gasteiger partial charge in [0.25, 0.3) is 5.91 Å². The Morgan fingerprint density at radius 3 is 1.13 bits per heavy atom. The quantitative estimate of drug-likeness (QED) is 0.286. The van der Waals surface area contributed by atoms with Crippen molar-refractivity contribution in [2.24, 2.45) is 25.0 Å². The van der Waals surface area contributed by atoms with E-state index in [4.69, 9.17) is 25.0 Å². The molecule has 3 heterocycles. The molecule has 0 aromatic heterocycles. The summed E-state index contributed by atoms with van der Waals surface area (Å²) in [6.07, 6.45) is 15.6. The molecule has 9 nitrogen and oxygen atoms in total. The molecule has 0 saturated heterocycles. The van der Waals surface area contributed by atoms with Crippen LogP contribution in [0.4, 0.5) is 0 Å². The van der Waals surface area contributed by atoms with Gasteiger partial charge < -0.3 is 15.1 Å². The average molecular weight is 903 g/mol. The molecule has 3 aromatic carbocycles. The molecule has 6 rings (SSSR count). The normalized spacial score (nSPS) is 20.1. The van der Waals surface area contributed by atoms with E-state index in [0.29, 0.717) is 12.1 Å². The van der Waals surface area contributed by atoms with Crippen LogP contribution in [0.3, 0.4) is 0 Å². The van der Waals surface area contributed by atoms with Crippen molar-refractivity contribution in [3.8, 4) is 0 Å². The fourth-order valence-electron chi connectivity index (χ4n) is 6.25. The van der Waals surface area contributed by atoms with E-state index in [0.717, 1.165) is 138 Å². The smallest absolute Gasteiger partial charge is 0.352 e. The zero-order valence-electron chi connectivity index (χ0n) is 30.7. The molecule has 3 aliphatic rings. The minimum Gasteiger partial charge on any atom is -0.352 e. The van der Waals surface area contributed by atoms with E-state index < -0.39 is 0 Å². The molecule has 3 aliphatic heterocycles. The Labute approximate surface area is 347 Å². The van der Waals surface area contributed by atoms with E-state index in [-0.39, 0.29) is 50.7 Å². The van der Waals surface area contributed by atoms with Crippen LogP contribution in [0.2, 0.25) is 0 Å². The molecular weight excluding hydrogens is 848 g/mol. The standard InChI is InChI=1S/C42H54N8O.2Ag/c51-42-41-15-3-14-40(30-41)35-47-20-8-24-49-22-4-16-43-31-36-10-1-12-38(28-36)33-45-18-6-25-50(27-9-21-48-42)26-7-19-46-34-39-13-2-11-37(29-39)32-44-17-5-23-49;;/h1-3,10-15,28-35H,4-9,16-27H2,(H,48,51);;/q;2*+1. The van der Waals surface area contributed by atoms with Crippen LogP contribution >= 0.6 is 0 Å². The Bertz CT molecular complexity index is 1580. The Kier molecular flexibility index (Phi) is 22.2. The Morgan fingerprint density at radius 2 is 0.755 bits per heavy atom. The van der Waals surface area contributed by atoms with Crippen molar-refractivity contribution in [3.05, 3.63) is 106 Å². The third-order valence-corrected chi connectivity index (χ3v) is 8.92. The van der Waals surface area contributed by atoms with Crippen LogP contribution in [0.5, 0.6) is 0 Å². The largest absolute Gasteiger partial charge is 1.00 e. The molecule has 0 aliphatic carbocycles.